The van der Waals surface area contributed by atoms with Crippen molar-refractivity contribution in [1.82, 2.24) is 14.5 Å². The number of hydrogen-bond acceptors (Lipinski definition) is 3. The fourth-order valence-corrected chi connectivity index (χ4v) is 5.59. The van der Waals surface area contributed by atoms with Gasteiger partial charge < -0.3 is 15.2 Å². The van der Waals surface area contributed by atoms with E-state index in [-0.39, 0.29) is 11.9 Å². The number of carbonyl (C=O) groups is 1. The Morgan fingerprint density at radius 1 is 1.36 bits per heavy atom. The van der Waals surface area contributed by atoms with Crippen LogP contribution in [0.5, 0.6) is 0 Å². The van der Waals surface area contributed by atoms with E-state index in [1.165, 1.54) is 19.3 Å². The van der Waals surface area contributed by atoms with Crippen LogP contribution in [0.3, 0.4) is 0 Å². The molecule has 2 N–H and O–H groups in total. The van der Waals surface area contributed by atoms with Crippen LogP contribution in [0.2, 0.25) is 0 Å². The molecule has 1 saturated heterocycles. The second kappa shape index (κ2) is 6.42. The number of nitrogens with two attached hydrogens (primary N) is 1. The minimum absolute atomic E-state index is 0.133. The number of fused-ring (bicyclic) bond motifs is 2. The number of imidazole rings is 1. The minimum Gasteiger partial charge on any atom is -0.341 e. The van der Waals surface area contributed by atoms with Crippen LogP contribution < -0.4 is 5.73 Å². The number of amides is 1. The lowest BCUT2D eigenvalue weighted by molar-refractivity contribution is -0.131. The predicted molar refractivity (Wildman–Crippen MR) is 97.8 cm³/mol. The molecule has 0 spiro atoms. The first-order valence-electron chi connectivity index (χ1n) is 9.98. The lowest BCUT2D eigenvalue weighted by atomic mass is 9.45. The SMILES string of the molecule is CC1(C)C2CC[C@H](Cn3ccnc3CC(=O)N3CCC[C@@H](N)C3)C1C2. The largest absolute Gasteiger partial charge is 0.341 e. The number of aromatic nitrogens is 2. The summed E-state index contributed by atoms with van der Waals surface area (Å²) >= 11 is 0. The first-order valence-corrected chi connectivity index (χ1v) is 9.98. The van der Waals surface area contributed by atoms with Crippen LogP contribution in [0.15, 0.2) is 12.4 Å². The molecule has 4 atom stereocenters. The van der Waals surface area contributed by atoms with Gasteiger partial charge in [-0.25, -0.2) is 4.98 Å². The van der Waals surface area contributed by atoms with Gasteiger partial charge in [0.15, 0.2) is 0 Å². The zero-order chi connectivity index (χ0) is 17.6. The van der Waals surface area contributed by atoms with E-state index < -0.39 is 0 Å². The maximum atomic E-state index is 12.6. The van der Waals surface area contributed by atoms with Gasteiger partial charge in [-0.1, -0.05) is 13.8 Å². The van der Waals surface area contributed by atoms with Crippen LogP contribution in [-0.4, -0.2) is 39.5 Å². The zero-order valence-corrected chi connectivity index (χ0v) is 15.7. The highest BCUT2D eigenvalue weighted by Gasteiger charge is 2.54. The Balaban J connectivity index is 1.40. The Morgan fingerprint density at radius 3 is 2.92 bits per heavy atom. The minimum atomic E-state index is 0.133. The topological polar surface area (TPSA) is 64.2 Å². The molecule has 4 aliphatic rings. The van der Waals surface area contributed by atoms with Crippen LogP contribution in [0.4, 0.5) is 0 Å². The second-order valence-corrected chi connectivity index (χ2v) is 9.11. The molecule has 2 heterocycles. The maximum Gasteiger partial charge on any atom is 0.230 e. The molecule has 138 valence electrons. The second-order valence-electron chi connectivity index (χ2n) is 9.11. The molecule has 2 unspecified atom stereocenters. The highest BCUT2D eigenvalue weighted by atomic mass is 16.2. The summed E-state index contributed by atoms with van der Waals surface area (Å²) in [6.07, 6.45) is 10.4. The van der Waals surface area contributed by atoms with Crippen LogP contribution in [0.25, 0.3) is 0 Å². The molecule has 25 heavy (non-hydrogen) atoms. The van der Waals surface area contributed by atoms with Gasteiger partial charge in [0.1, 0.15) is 5.82 Å². The molecule has 0 radical (unpaired) electrons. The van der Waals surface area contributed by atoms with Crippen molar-refractivity contribution < 1.29 is 4.79 Å². The first-order chi connectivity index (χ1) is 11.9. The van der Waals surface area contributed by atoms with E-state index in [4.69, 9.17) is 5.73 Å². The van der Waals surface area contributed by atoms with Gasteiger partial charge in [-0.15, -0.1) is 0 Å². The van der Waals surface area contributed by atoms with E-state index in [1.54, 1.807) is 0 Å². The van der Waals surface area contributed by atoms with E-state index in [0.717, 1.165) is 49.5 Å². The van der Waals surface area contributed by atoms with Crippen molar-refractivity contribution >= 4 is 5.91 Å². The Hall–Kier alpha value is -1.36. The third-order valence-electron chi connectivity index (χ3n) is 7.35. The highest BCUT2D eigenvalue weighted by molar-refractivity contribution is 5.78. The normalized spacial score (nSPS) is 33.8. The number of likely N-dealkylation sites (tertiary alicyclic amines) is 1. The number of piperidine rings is 1. The highest BCUT2D eigenvalue weighted by Crippen LogP contribution is 2.61. The van der Waals surface area contributed by atoms with E-state index in [1.807, 2.05) is 11.1 Å². The van der Waals surface area contributed by atoms with Gasteiger partial charge in [-0.05, 0) is 55.3 Å². The quantitative estimate of drug-likeness (QED) is 0.912. The summed E-state index contributed by atoms with van der Waals surface area (Å²) < 4.78 is 2.24. The number of carbonyl (C=O) groups excluding carboxylic acids is 1. The van der Waals surface area contributed by atoms with Gasteiger partial charge in [-0.2, -0.15) is 0 Å². The molecule has 5 heteroatoms. The van der Waals surface area contributed by atoms with Crippen molar-refractivity contribution in [1.29, 1.82) is 0 Å². The summed E-state index contributed by atoms with van der Waals surface area (Å²) in [7, 11) is 0. The molecule has 1 aromatic heterocycles. The fraction of sp³-hybridized carbons (Fsp3) is 0.800. The lowest BCUT2D eigenvalue weighted by Crippen LogP contribution is -2.53. The van der Waals surface area contributed by atoms with Gasteiger partial charge in [-0.3, -0.25) is 4.79 Å². The van der Waals surface area contributed by atoms with Crippen molar-refractivity contribution in [2.45, 2.75) is 65.0 Å². The molecule has 1 amide bonds. The molecule has 1 aliphatic heterocycles. The Bertz CT molecular complexity index is 635. The zero-order valence-electron chi connectivity index (χ0n) is 15.7. The Labute approximate surface area is 151 Å². The van der Waals surface area contributed by atoms with Gasteiger partial charge >= 0.3 is 0 Å². The molecule has 2 bridgehead atoms. The van der Waals surface area contributed by atoms with Gasteiger partial charge in [0.2, 0.25) is 5.91 Å². The fourth-order valence-electron chi connectivity index (χ4n) is 5.59. The molecule has 3 saturated carbocycles. The smallest absolute Gasteiger partial charge is 0.230 e. The molecule has 4 fully saturated rings. The van der Waals surface area contributed by atoms with Crippen LogP contribution in [0, 0.1) is 23.2 Å². The monoisotopic (exact) mass is 344 g/mol. The molecular weight excluding hydrogens is 312 g/mol. The first kappa shape index (κ1) is 17.1. The average molecular weight is 345 g/mol. The average Bonchev–Trinajstić information content (AvgIpc) is 3.01. The maximum absolute atomic E-state index is 12.6. The Morgan fingerprint density at radius 2 is 2.20 bits per heavy atom. The lowest BCUT2D eigenvalue weighted by Gasteiger charge is -2.60. The van der Waals surface area contributed by atoms with Crippen LogP contribution in [0.1, 0.15) is 51.8 Å². The summed E-state index contributed by atoms with van der Waals surface area (Å²) in [5.74, 6) is 3.59. The van der Waals surface area contributed by atoms with E-state index in [2.05, 4.69) is 29.6 Å². The van der Waals surface area contributed by atoms with Crippen molar-refractivity contribution in [2.24, 2.45) is 28.9 Å². The van der Waals surface area contributed by atoms with Crippen molar-refractivity contribution in [3.05, 3.63) is 18.2 Å². The van der Waals surface area contributed by atoms with Crippen molar-refractivity contribution in [3.63, 3.8) is 0 Å². The summed E-state index contributed by atoms with van der Waals surface area (Å²) in [6, 6.07) is 0.133. The molecule has 5 rings (SSSR count). The van der Waals surface area contributed by atoms with E-state index in [0.29, 0.717) is 18.4 Å². The molecule has 3 aliphatic carbocycles. The standard InChI is InChI=1S/C20H32N4O/c1-20(2)15-6-5-14(17(20)10-15)12-23-9-7-22-18(23)11-19(25)24-8-3-4-16(21)13-24/h7,9,14-17H,3-6,8,10-13,21H2,1-2H3/t14-,15?,16-,17?/m1/s1. The van der Waals surface area contributed by atoms with Gasteiger partial charge in [0, 0.05) is 38.1 Å². The summed E-state index contributed by atoms with van der Waals surface area (Å²) in [5, 5.41) is 0. The summed E-state index contributed by atoms with van der Waals surface area (Å²) in [6.45, 7) is 7.43. The van der Waals surface area contributed by atoms with Gasteiger partial charge in [0.05, 0.1) is 6.42 Å². The Kier molecular flexibility index (Phi) is 4.38. The van der Waals surface area contributed by atoms with E-state index in [9.17, 15) is 4.79 Å². The molecule has 0 aromatic carbocycles. The van der Waals surface area contributed by atoms with Crippen molar-refractivity contribution in [2.75, 3.05) is 13.1 Å². The number of rotatable bonds is 4. The predicted octanol–water partition coefficient (Wildman–Crippen LogP) is 2.45. The third kappa shape index (κ3) is 3.12. The summed E-state index contributed by atoms with van der Waals surface area (Å²) in [4.78, 5) is 19.1. The summed E-state index contributed by atoms with van der Waals surface area (Å²) in [5.41, 5.74) is 6.52. The number of nitrogens with zero attached hydrogens (tertiary/aromatic N) is 3. The third-order valence-corrected chi connectivity index (χ3v) is 7.35. The van der Waals surface area contributed by atoms with Crippen molar-refractivity contribution in [3.8, 4) is 0 Å². The molecule has 1 aromatic rings. The number of hydrogen-bond donors (Lipinski definition) is 1. The molecule has 5 nitrogen and oxygen atoms in total. The molecular formula is C20H32N4O. The van der Waals surface area contributed by atoms with E-state index >= 15 is 0 Å². The van der Waals surface area contributed by atoms with Crippen LogP contribution >= 0.6 is 0 Å². The van der Waals surface area contributed by atoms with Crippen LogP contribution in [-0.2, 0) is 17.8 Å². The van der Waals surface area contributed by atoms with Gasteiger partial charge in [0.25, 0.3) is 0 Å².